The van der Waals surface area contributed by atoms with Crippen molar-refractivity contribution < 1.29 is 22.4 Å². The van der Waals surface area contributed by atoms with Gasteiger partial charge in [-0.15, -0.1) is 0 Å². The fourth-order valence-corrected chi connectivity index (χ4v) is 1.75. The van der Waals surface area contributed by atoms with Gasteiger partial charge in [-0.1, -0.05) is 28.1 Å². The van der Waals surface area contributed by atoms with Crippen LogP contribution in [0.4, 0.5) is 17.6 Å². The van der Waals surface area contributed by atoms with Crippen LogP contribution in [-0.2, 0) is 11.0 Å². The molecular weight excluding hydrogens is 292 g/mol. The predicted molar refractivity (Wildman–Crippen MR) is 54.0 cm³/mol. The molecular formula is C10H7BrF4O. The van der Waals surface area contributed by atoms with Gasteiger partial charge in [-0.3, -0.25) is 0 Å². The molecule has 0 aliphatic rings. The summed E-state index contributed by atoms with van der Waals surface area (Å²) >= 11 is 2.94. The number of aldehydes is 1. The molecule has 1 rings (SSSR count). The van der Waals surface area contributed by atoms with Crippen molar-refractivity contribution in [3.8, 4) is 0 Å². The summed E-state index contributed by atoms with van der Waals surface area (Å²) in [6, 6.07) is 2.90. The minimum atomic E-state index is -4.75. The highest BCUT2D eigenvalue weighted by Crippen LogP contribution is 2.34. The van der Waals surface area contributed by atoms with Gasteiger partial charge in [0.25, 0.3) is 0 Å². The van der Waals surface area contributed by atoms with Gasteiger partial charge in [0.15, 0.2) is 0 Å². The maximum absolute atomic E-state index is 13.5. The smallest absolute Gasteiger partial charge is 0.303 e. The first kappa shape index (κ1) is 13.2. The average molecular weight is 299 g/mol. The summed E-state index contributed by atoms with van der Waals surface area (Å²) in [7, 11) is 0. The van der Waals surface area contributed by atoms with Gasteiger partial charge >= 0.3 is 6.18 Å². The zero-order chi connectivity index (χ0) is 12.3. The SMILES string of the molecule is O=CC(CBr)c1cccc(C(F)(F)F)c1F. The Morgan fingerprint density at radius 1 is 1.38 bits per heavy atom. The van der Waals surface area contributed by atoms with Gasteiger partial charge in [-0.25, -0.2) is 4.39 Å². The molecule has 1 nitrogen and oxygen atoms in total. The molecule has 0 N–H and O–H groups in total. The molecule has 0 fully saturated rings. The van der Waals surface area contributed by atoms with E-state index in [0.717, 1.165) is 6.07 Å². The molecule has 16 heavy (non-hydrogen) atoms. The van der Waals surface area contributed by atoms with Crippen LogP contribution in [0.15, 0.2) is 18.2 Å². The molecule has 0 radical (unpaired) electrons. The van der Waals surface area contributed by atoms with E-state index in [1.807, 2.05) is 0 Å². The molecule has 1 aromatic carbocycles. The van der Waals surface area contributed by atoms with E-state index in [-0.39, 0.29) is 10.9 Å². The van der Waals surface area contributed by atoms with Crippen molar-refractivity contribution in [2.45, 2.75) is 12.1 Å². The molecule has 0 aromatic heterocycles. The third-order valence-corrected chi connectivity index (χ3v) is 2.76. The molecule has 88 valence electrons. The molecule has 0 bridgehead atoms. The number of rotatable bonds is 3. The van der Waals surface area contributed by atoms with Gasteiger partial charge in [0.2, 0.25) is 0 Å². The van der Waals surface area contributed by atoms with E-state index in [0.29, 0.717) is 12.4 Å². The first-order valence-electron chi connectivity index (χ1n) is 4.28. The van der Waals surface area contributed by atoms with Crippen LogP contribution < -0.4 is 0 Å². The van der Waals surface area contributed by atoms with E-state index in [9.17, 15) is 22.4 Å². The highest BCUT2D eigenvalue weighted by molar-refractivity contribution is 9.09. The fourth-order valence-electron chi connectivity index (χ4n) is 1.25. The summed E-state index contributed by atoms with van der Waals surface area (Å²) in [4.78, 5) is 10.6. The van der Waals surface area contributed by atoms with Crippen LogP contribution in [-0.4, -0.2) is 11.6 Å². The van der Waals surface area contributed by atoms with Crippen LogP contribution in [0.1, 0.15) is 17.0 Å². The van der Waals surface area contributed by atoms with E-state index < -0.39 is 23.5 Å². The van der Waals surface area contributed by atoms with Crippen LogP contribution >= 0.6 is 15.9 Å². The number of alkyl halides is 4. The van der Waals surface area contributed by atoms with E-state index >= 15 is 0 Å². The van der Waals surface area contributed by atoms with Crippen molar-refractivity contribution >= 4 is 22.2 Å². The number of halogens is 5. The van der Waals surface area contributed by atoms with Crippen molar-refractivity contribution in [1.29, 1.82) is 0 Å². The predicted octanol–water partition coefficient (Wildman–Crippen LogP) is 3.52. The summed E-state index contributed by atoms with van der Waals surface area (Å²) in [6.45, 7) is 0. The molecule has 1 aromatic rings. The molecule has 0 saturated carbocycles. The van der Waals surface area contributed by atoms with Gasteiger partial charge < -0.3 is 4.79 Å². The largest absolute Gasteiger partial charge is 0.419 e. The first-order chi connectivity index (χ1) is 7.41. The maximum atomic E-state index is 13.5. The zero-order valence-electron chi connectivity index (χ0n) is 7.89. The Morgan fingerprint density at radius 3 is 2.44 bits per heavy atom. The Hall–Kier alpha value is -0.910. The summed E-state index contributed by atoms with van der Waals surface area (Å²) in [5.74, 6) is -2.30. The van der Waals surface area contributed by atoms with Crippen molar-refractivity contribution in [1.82, 2.24) is 0 Å². The second kappa shape index (κ2) is 4.95. The van der Waals surface area contributed by atoms with Gasteiger partial charge in [-0.2, -0.15) is 13.2 Å². The Morgan fingerprint density at radius 2 is 2.00 bits per heavy atom. The van der Waals surface area contributed by atoms with Crippen LogP contribution in [0.5, 0.6) is 0 Å². The lowest BCUT2D eigenvalue weighted by Crippen LogP contribution is -2.12. The second-order valence-corrected chi connectivity index (χ2v) is 3.75. The molecule has 0 heterocycles. The minimum Gasteiger partial charge on any atom is -0.303 e. The van der Waals surface area contributed by atoms with Crippen molar-refractivity contribution in [2.24, 2.45) is 0 Å². The zero-order valence-corrected chi connectivity index (χ0v) is 9.48. The number of benzene rings is 1. The number of carbonyl (C=O) groups excluding carboxylic acids is 1. The highest BCUT2D eigenvalue weighted by atomic mass is 79.9. The number of hydrogen-bond donors (Lipinski definition) is 0. The molecule has 6 heteroatoms. The third-order valence-electron chi connectivity index (χ3n) is 2.06. The average Bonchev–Trinajstić information content (AvgIpc) is 2.20. The van der Waals surface area contributed by atoms with Crippen molar-refractivity contribution in [2.75, 3.05) is 5.33 Å². The van der Waals surface area contributed by atoms with Crippen molar-refractivity contribution in [3.05, 3.63) is 35.1 Å². The van der Waals surface area contributed by atoms with E-state index in [1.165, 1.54) is 6.07 Å². The van der Waals surface area contributed by atoms with Gasteiger partial charge in [-0.05, 0) is 11.6 Å². The molecule has 0 amide bonds. The standard InChI is InChI=1S/C10H7BrF4O/c11-4-6(5-16)7-2-1-3-8(9(7)12)10(13,14)15/h1-3,5-6H,4H2. The normalized spacial score (nSPS) is 13.6. The Labute approximate surface area is 97.6 Å². The summed E-state index contributed by atoms with van der Waals surface area (Å²) in [5.41, 5.74) is -1.60. The first-order valence-corrected chi connectivity index (χ1v) is 5.40. The molecule has 0 aliphatic carbocycles. The van der Waals surface area contributed by atoms with E-state index in [4.69, 9.17) is 0 Å². The molecule has 0 aliphatic heterocycles. The van der Waals surface area contributed by atoms with Crippen LogP contribution in [0, 0.1) is 5.82 Å². The van der Waals surface area contributed by atoms with E-state index in [1.54, 1.807) is 0 Å². The molecule has 0 saturated heterocycles. The Balaban J connectivity index is 3.28. The monoisotopic (exact) mass is 298 g/mol. The second-order valence-electron chi connectivity index (χ2n) is 3.10. The van der Waals surface area contributed by atoms with Gasteiger partial charge in [0, 0.05) is 5.33 Å². The van der Waals surface area contributed by atoms with E-state index in [2.05, 4.69) is 15.9 Å². The topological polar surface area (TPSA) is 17.1 Å². The van der Waals surface area contributed by atoms with Crippen molar-refractivity contribution in [3.63, 3.8) is 0 Å². The fraction of sp³-hybridized carbons (Fsp3) is 0.300. The molecule has 1 atom stereocenters. The Kier molecular flexibility index (Phi) is 4.07. The quantitative estimate of drug-likeness (QED) is 0.474. The van der Waals surface area contributed by atoms with Gasteiger partial charge in [0.05, 0.1) is 11.5 Å². The highest BCUT2D eigenvalue weighted by Gasteiger charge is 2.35. The number of hydrogen-bond acceptors (Lipinski definition) is 1. The van der Waals surface area contributed by atoms with Crippen LogP contribution in [0.25, 0.3) is 0 Å². The summed E-state index contributed by atoms with van der Waals surface area (Å²) < 4.78 is 50.6. The third kappa shape index (κ3) is 2.61. The Bertz CT molecular complexity index is 389. The molecule has 1 unspecified atom stereocenters. The summed E-state index contributed by atoms with van der Waals surface area (Å²) in [6.07, 6.45) is -4.34. The van der Waals surface area contributed by atoms with Crippen LogP contribution in [0.2, 0.25) is 0 Å². The number of carbonyl (C=O) groups is 1. The minimum absolute atomic E-state index is 0.0781. The lowest BCUT2D eigenvalue weighted by atomic mass is 9.99. The maximum Gasteiger partial charge on any atom is 0.419 e. The molecule has 0 spiro atoms. The van der Waals surface area contributed by atoms with Gasteiger partial charge in [0.1, 0.15) is 12.1 Å². The lowest BCUT2D eigenvalue weighted by Gasteiger charge is -2.13. The van der Waals surface area contributed by atoms with Crippen LogP contribution in [0.3, 0.4) is 0 Å². The summed E-state index contributed by atoms with van der Waals surface area (Å²) in [5, 5.41) is 0.0781. The lowest BCUT2D eigenvalue weighted by molar-refractivity contribution is -0.140.